The first-order valence-corrected chi connectivity index (χ1v) is 8.00. The van der Waals surface area contributed by atoms with Crippen molar-refractivity contribution < 1.29 is 0 Å². The van der Waals surface area contributed by atoms with Gasteiger partial charge in [0.15, 0.2) is 0 Å². The van der Waals surface area contributed by atoms with Gasteiger partial charge in [-0.05, 0) is 37.6 Å². The van der Waals surface area contributed by atoms with Gasteiger partial charge in [-0.3, -0.25) is 14.1 Å². The van der Waals surface area contributed by atoms with Crippen LogP contribution >= 0.6 is 0 Å². The molecule has 0 bridgehead atoms. The van der Waals surface area contributed by atoms with E-state index in [1.807, 2.05) is 25.3 Å². The highest BCUT2D eigenvalue weighted by molar-refractivity contribution is 5.40. The van der Waals surface area contributed by atoms with Crippen LogP contribution in [0.2, 0.25) is 0 Å². The van der Waals surface area contributed by atoms with Gasteiger partial charge in [0, 0.05) is 49.8 Å². The lowest BCUT2D eigenvalue weighted by atomic mass is 10.1. The van der Waals surface area contributed by atoms with Crippen LogP contribution in [0.5, 0.6) is 0 Å². The molecule has 1 aliphatic rings. The number of fused-ring (bicyclic) bond motifs is 2. The minimum Gasteiger partial charge on any atom is -0.349 e. The average Bonchev–Trinajstić information content (AvgIpc) is 3.00. The number of rotatable bonds is 2. The molecule has 5 nitrogen and oxygen atoms in total. The van der Waals surface area contributed by atoms with Gasteiger partial charge in [-0.15, -0.1) is 0 Å². The minimum atomic E-state index is -0.0123. The molecule has 3 aromatic heterocycles. The summed E-state index contributed by atoms with van der Waals surface area (Å²) in [4.78, 5) is 19.4. The molecule has 0 amide bonds. The highest BCUT2D eigenvalue weighted by atomic mass is 16.1. The van der Waals surface area contributed by atoms with Crippen LogP contribution in [0.15, 0.2) is 47.5 Å². The molecule has 0 aromatic carbocycles. The van der Waals surface area contributed by atoms with Gasteiger partial charge in [0.05, 0.1) is 5.69 Å². The minimum absolute atomic E-state index is 0.0123. The number of hydrogen-bond acceptors (Lipinski definition) is 3. The molecule has 118 valence electrons. The Kier molecular flexibility index (Phi) is 3.31. The van der Waals surface area contributed by atoms with Gasteiger partial charge in [-0.1, -0.05) is 6.07 Å². The van der Waals surface area contributed by atoms with Crippen molar-refractivity contribution in [1.29, 1.82) is 0 Å². The quantitative estimate of drug-likeness (QED) is 0.730. The molecule has 0 unspecified atom stereocenters. The largest absolute Gasteiger partial charge is 0.349 e. The molecular weight excluding hydrogens is 288 g/mol. The molecular formula is C18H20N4O. The number of aryl methyl sites for hydroxylation is 1. The Morgan fingerprint density at radius 1 is 1.26 bits per heavy atom. The van der Waals surface area contributed by atoms with E-state index in [1.165, 1.54) is 5.69 Å². The Hall–Kier alpha value is -2.40. The molecule has 0 spiro atoms. The highest BCUT2D eigenvalue weighted by Crippen LogP contribution is 2.26. The molecule has 1 atom stereocenters. The summed E-state index contributed by atoms with van der Waals surface area (Å²) in [5, 5.41) is 0. The van der Waals surface area contributed by atoms with Crippen molar-refractivity contribution >= 4 is 5.65 Å². The smallest absolute Gasteiger partial charge is 0.258 e. The van der Waals surface area contributed by atoms with Gasteiger partial charge >= 0.3 is 0 Å². The number of aromatic nitrogens is 3. The van der Waals surface area contributed by atoms with Crippen LogP contribution in [0, 0.1) is 6.92 Å². The van der Waals surface area contributed by atoms with E-state index >= 15 is 0 Å². The Bertz CT molecular complexity index is 924. The fourth-order valence-electron chi connectivity index (χ4n) is 3.39. The summed E-state index contributed by atoms with van der Waals surface area (Å²) in [5.74, 6) is 0. The molecule has 4 heterocycles. The Morgan fingerprint density at radius 2 is 2.13 bits per heavy atom. The molecule has 0 saturated heterocycles. The van der Waals surface area contributed by atoms with Crippen molar-refractivity contribution in [2.75, 3.05) is 6.54 Å². The maximum Gasteiger partial charge on any atom is 0.258 e. The predicted octanol–water partition coefficient (Wildman–Crippen LogP) is 2.38. The second-order valence-electron chi connectivity index (χ2n) is 6.29. The Morgan fingerprint density at radius 3 is 3.00 bits per heavy atom. The van der Waals surface area contributed by atoms with Crippen molar-refractivity contribution in [2.24, 2.45) is 0 Å². The summed E-state index contributed by atoms with van der Waals surface area (Å²) in [7, 11) is 0. The van der Waals surface area contributed by atoms with Gasteiger partial charge in [0.25, 0.3) is 5.56 Å². The third-order valence-electron chi connectivity index (χ3n) is 4.69. The van der Waals surface area contributed by atoms with Crippen molar-refractivity contribution in [3.05, 3.63) is 70.0 Å². The molecule has 0 saturated carbocycles. The third kappa shape index (κ3) is 2.47. The van der Waals surface area contributed by atoms with Crippen LogP contribution < -0.4 is 5.56 Å². The summed E-state index contributed by atoms with van der Waals surface area (Å²) in [6.07, 6.45) is 3.97. The van der Waals surface area contributed by atoms with E-state index in [2.05, 4.69) is 39.7 Å². The Labute approximate surface area is 134 Å². The highest BCUT2D eigenvalue weighted by Gasteiger charge is 2.23. The number of nitrogens with zero attached hydrogens (tertiary/aromatic N) is 4. The van der Waals surface area contributed by atoms with E-state index in [4.69, 9.17) is 0 Å². The lowest BCUT2D eigenvalue weighted by Gasteiger charge is -2.34. The molecule has 3 aromatic rings. The molecule has 23 heavy (non-hydrogen) atoms. The van der Waals surface area contributed by atoms with Crippen molar-refractivity contribution in [1.82, 2.24) is 18.9 Å². The first-order chi connectivity index (χ1) is 11.1. The summed E-state index contributed by atoms with van der Waals surface area (Å²) in [6.45, 7) is 6.84. The molecule has 0 N–H and O–H groups in total. The monoisotopic (exact) mass is 308 g/mol. The van der Waals surface area contributed by atoms with Crippen LogP contribution in [-0.2, 0) is 13.1 Å². The first kappa shape index (κ1) is 14.2. The van der Waals surface area contributed by atoms with E-state index in [-0.39, 0.29) is 5.56 Å². The third-order valence-corrected chi connectivity index (χ3v) is 4.69. The molecule has 0 radical (unpaired) electrons. The predicted molar refractivity (Wildman–Crippen MR) is 89.5 cm³/mol. The van der Waals surface area contributed by atoms with Crippen LogP contribution in [0.3, 0.4) is 0 Å². The summed E-state index contributed by atoms with van der Waals surface area (Å²) >= 11 is 0. The topological polar surface area (TPSA) is 42.5 Å². The maximum atomic E-state index is 12.3. The molecule has 5 heteroatoms. The zero-order valence-corrected chi connectivity index (χ0v) is 13.4. The summed E-state index contributed by atoms with van der Waals surface area (Å²) in [6, 6.07) is 10.2. The maximum absolute atomic E-state index is 12.3. The lowest BCUT2D eigenvalue weighted by molar-refractivity contribution is 0.159. The fourth-order valence-corrected chi connectivity index (χ4v) is 3.39. The molecule has 1 aliphatic heterocycles. The molecule has 0 fully saturated rings. The van der Waals surface area contributed by atoms with Gasteiger partial charge in [-0.25, -0.2) is 4.98 Å². The van der Waals surface area contributed by atoms with E-state index in [0.717, 1.165) is 24.3 Å². The zero-order chi connectivity index (χ0) is 16.0. The van der Waals surface area contributed by atoms with E-state index in [1.54, 1.807) is 10.5 Å². The van der Waals surface area contributed by atoms with E-state index < -0.39 is 0 Å². The second-order valence-corrected chi connectivity index (χ2v) is 6.29. The van der Waals surface area contributed by atoms with Crippen molar-refractivity contribution in [3.63, 3.8) is 0 Å². The van der Waals surface area contributed by atoms with E-state index in [0.29, 0.717) is 18.2 Å². The van der Waals surface area contributed by atoms with E-state index in [9.17, 15) is 4.79 Å². The SMILES string of the molecule is Cc1ccc2nc(CN3CCn4cccc4[C@H]3C)cc(=O)n2c1. The fraction of sp³-hybridized carbons (Fsp3) is 0.333. The first-order valence-electron chi connectivity index (χ1n) is 8.00. The van der Waals surface area contributed by atoms with Gasteiger partial charge in [-0.2, -0.15) is 0 Å². The standard InChI is InChI=1S/C18H20N4O/c1-13-5-6-17-19-15(10-18(23)22(17)11-13)12-21-9-8-20-7-3-4-16(20)14(21)2/h3-7,10-11,14H,8-9,12H2,1-2H3/t14-/m1/s1. The van der Waals surface area contributed by atoms with Crippen LogP contribution in [0.25, 0.3) is 5.65 Å². The number of pyridine rings is 1. The summed E-state index contributed by atoms with van der Waals surface area (Å²) < 4.78 is 3.91. The van der Waals surface area contributed by atoms with Crippen LogP contribution in [0.1, 0.15) is 29.9 Å². The van der Waals surface area contributed by atoms with Crippen LogP contribution in [-0.4, -0.2) is 25.4 Å². The van der Waals surface area contributed by atoms with Gasteiger partial charge < -0.3 is 4.57 Å². The van der Waals surface area contributed by atoms with Crippen molar-refractivity contribution in [2.45, 2.75) is 33.0 Å². The van der Waals surface area contributed by atoms with Crippen molar-refractivity contribution in [3.8, 4) is 0 Å². The van der Waals surface area contributed by atoms with Crippen LogP contribution in [0.4, 0.5) is 0 Å². The second kappa shape index (κ2) is 5.35. The Balaban J connectivity index is 1.66. The molecule has 0 aliphatic carbocycles. The normalized spacial score (nSPS) is 18.3. The summed E-state index contributed by atoms with van der Waals surface area (Å²) in [5.41, 5.74) is 3.92. The average molecular weight is 308 g/mol. The zero-order valence-electron chi connectivity index (χ0n) is 13.4. The van der Waals surface area contributed by atoms with Gasteiger partial charge in [0.1, 0.15) is 5.65 Å². The molecule has 4 rings (SSSR count). The van der Waals surface area contributed by atoms with Gasteiger partial charge in [0.2, 0.25) is 0 Å². The lowest BCUT2D eigenvalue weighted by Crippen LogP contribution is -2.36. The number of hydrogen-bond donors (Lipinski definition) is 0.